The molecule has 0 heterocycles. The van der Waals surface area contributed by atoms with Crippen LogP contribution in [0.5, 0.6) is 0 Å². The maximum absolute atomic E-state index is 12.9. The van der Waals surface area contributed by atoms with Gasteiger partial charge in [0.05, 0.1) is 11.8 Å². The molecule has 1 aliphatic carbocycles. The van der Waals surface area contributed by atoms with Gasteiger partial charge in [-0.1, -0.05) is 43.5 Å². The molecule has 0 spiro atoms. The number of carboxylic acids is 1. The third-order valence-corrected chi connectivity index (χ3v) is 4.84. The fourth-order valence-corrected chi connectivity index (χ4v) is 3.61. The Hall–Kier alpha value is -2.05. The Bertz CT molecular complexity index is 637. The Morgan fingerprint density at radius 2 is 1.80 bits per heavy atom. The monoisotopic (exact) mass is 357 g/mol. The second-order valence-electron chi connectivity index (χ2n) is 6.64. The maximum Gasteiger partial charge on any atom is 0.391 e. The molecule has 0 bridgehead atoms. The second kappa shape index (κ2) is 7.45. The summed E-state index contributed by atoms with van der Waals surface area (Å²) in [5.41, 5.74) is 0.675. The van der Waals surface area contributed by atoms with Crippen LogP contribution in [0.4, 0.5) is 13.2 Å². The number of amides is 1. The lowest BCUT2D eigenvalue weighted by Crippen LogP contribution is -2.52. The predicted octanol–water partition coefficient (Wildman–Crippen LogP) is 3.72. The fraction of sp³-hybridized carbons (Fsp3) is 0.556. The molecule has 1 aromatic carbocycles. The van der Waals surface area contributed by atoms with E-state index in [2.05, 4.69) is 5.32 Å². The SMILES string of the molecule is Cc1ccccc1C1(C(=O)NC(CC(F)(F)F)C(=O)O)CCCCC1. The van der Waals surface area contributed by atoms with Gasteiger partial charge in [0, 0.05) is 0 Å². The summed E-state index contributed by atoms with van der Waals surface area (Å²) in [6.45, 7) is 1.85. The van der Waals surface area contributed by atoms with Gasteiger partial charge < -0.3 is 10.4 Å². The van der Waals surface area contributed by atoms with Crippen LogP contribution < -0.4 is 5.32 Å². The summed E-state index contributed by atoms with van der Waals surface area (Å²) in [6, 6.07) is 5.30. The van der Waals surface area contributed by atoms with Gasteiger partial charge in [-0.2, -0.15) is 13.2 Å². The van der Waals surface area contributed by atoms with E-state index in [-0.39, 0.29) is 0 Å². The summed E-state index contributed by atoms with van der Waals surface area (Å²) >= 11 is 0. The molecule has 1 aliphatic rings. The lowest BCUT2D eigenvalue weighted by Gasteiger charge is -2.38. The molecule has 0 aliphatic heterocycles. The Morgan fingerprint density at radius 1 is 1.20 bits per heavy atom. The number of rotatable bonds is 5. The molecule has 1 aromatic rings. The number of carbonyl (C=O) groups excluding carboxylic acids is 1. The van der Waals surface area contributed by atoms with Gasteiger partial charge in [-0.05, 0) is 30.9 Å². The Labute approximate surface area is 144 Å². The average molecular weight is 357 g/mol. The van der Waals surface area contributed by atoms with Gasteiger partial charge in [-0.3, -0.25) is 4.79 Å². The van der Waals surface area contributed by atoms with Gasteiger partial charge in [0.25, 0.3) is 0 Å². The van der Waals surface area contributed by atoms with Gasteiger partial charge in [0.1, 0.15) is 6.04 Å². The summed E-state index contributed by atoms with van der Waals surface area (Å²) in [5.74, 6) is -2.31. The van der Waals surface area contributed by atoms with Crippen molar-refractivity contribution < 1.29 is 27.9 Å². The lowest BCUT2D eigenvalue weighted by atomic mass is 9.67. The van der Waals surface area contributed by atoms with Gasteiger partial charge in [-0.25, -0.2) is 4.79 Å². The van der Waals surface area contributed by atoms with Crippen molar-refractivity contribution in [3.05, 3.63) is 35.4 Å². The summed E-state index contributed by atoms with van der Waals surface area (Å²) < 4.78 is 37.9. The van der Waals surface area contributed by atoms with Gasteiger partial charge in [-0.15, -0.1) is 0 Å². The van der Waals surface area contributed by atoms with Crippen molar-refractivity contribution in [1.82, 2.24) is 5.32 Å². The third-order valence-electron chi connectivity index (χ3n) is 4.84. The number of aryl methyl sites for hydroxylation is 1. The zero-order valence-electron chi connectivity index (χ0n) is 14.0. The topological polar surface area (TPSA) is 66.4 Å². The lowest BCUT2D eigenvalue weighted by molar-refractivity contribution is -0.160. The molecule has 1 atom stereocenters. The highest BCUT2D eigenvalue weighted by Gasteiger charge is 2.44. The van der Waals surface area contributed by atoms with Gasteiger partial charge in [0.2, 0.25) is 5.91 Å². The Kier molecular flexibility index (Phi) is 5.75. The van der Waals surface area contributed by atoms with E-state index in [1.165, 1.54) is 0 Å². The highest BCUT2D eigenvalue weighted by atomic mass is 19.4. The standard InChI is InChI=1S/C18H22F3NO3/c1-12-7-3-4-8-13(12)17(9-5-2-6-10-17)16(25)22-14(15(23)24)11-18(19,20)21/h3-4,7-8,14H,2,5-6,9-11H2,1H3,(H,22,25)(H,23,24). The Balaban J connectivity index is 2.33. The van der Waals surface area contributed by atoms with Crippen molar-refractivity contribution in [2.24, 2.45) is 0 Å². The van der Waals surface area contributed by atoms with Crippen molar-refractivity contribution >= 4 is 11.9 Å². The predicted molar refractivity (Wildman–Crippen MR) is 86.2 cm³/mol. The van der Waals surface area contributed by atoms with Crippen LogP contribution in [0.15, 0.2) is 24.3 Å². The first-order chi connectivity index (χ1) is 11.7. The first kappa shape index (κ1) is 19.3. The van der Waals surface area contributed by atoms with Gasteiger partial charge in [0.15, 0.2) is 0 Å². The van der Waals surface area contributed by atoms with E-state index in [1.807, 2.05) is 19.1 Å². The number of aliphatic carboxylic acids is 1. The number of halogens is 3. The van der Waals surface area contributed by atoms with Crippen LogP contribution >= 0.6 is 0 Å². The quantitative estimate of drug-likeness (QED) is 0.844. The van der Waals surface area contributed by atoms with Crippen molar-refractivity contribution in [2.75, 3.05) is 0 Å². The van der Waals surface area contributed by atoms with E-state index < -0.39 is 35.9 Å². The number of hydrogen-bond donors (Lipinski definition) is 2. The number of nitrogens with one attached hydrogen (secondary N) is 1. The number of carboxylic acid groups (broad SMARTS) is 1. The molecular weight excluding hydrogens is 335 g/mol. The van der Waals surface area contributed by atoms with E-state index >= 15 is 0 Å². The summed E-state index contributed by atoms with van der Waals surface area (Å²) in [5, 5.41) is 11.2. The third kappa shape index (κ3) is 4.52. The molecule has 2 rings (SSSR count). The molecule has 25 heavy (non-hydrogen) atoms. The molecular formula is C18H22F3NO3. The molecule has 1 saturated carbocycles. The average Bonchev–Trinajstić information content (AvgIpc) is 2.54. The van der Waals surface area contributed by atoms with Crippen LogP contribution in [-0.2, 0) is 15.0 Å². The van der Waals surface area contributed by atoms with Crippen LogP contribution in [0.25, 0.3) is 0 Å². The van der Waals surface area contributed by atoms with E-state index in [9.17, 15) is 22.8 Å². The molecule has 0 radical (unpaired) electrons. The minimum atomic E-state index is -4.67. The van der Waals surface area contributed by atoms with Crippen molar-refractivity contribution in [2.45, 2.75) is 63.1 Å². The van der Waals surface area contributed by atoms with E-state index in [4.69, 9.17) is 5.11 Å². The van der Waals surface area contributed by atoms with Crippen molar-refractivity contribution in [1.29, 1.82) is 0 Å². The summed E-state index contributed by atoms with van der Waals surface area (Å²) in [4.78, 5) is 24.1. The largest absolute Gasteiger partial charge is 0.480 e. The molecule has 0 saturated heterocycles. The van der Waals surface area contributed by atoms with E-state index in [1.54, 1.807) is 12.1 Å². The van der Waals surface area contributed by atoms with Crippen molar-refractivity contribution in [3.63, 3.8) is 0 Å². The molecule has 0 aromatic heterocycles. The zero-order valence-corrected chi connectivity index (χ0v) is 14.0. The first-order valence-electron chi connectivity index (χ1n) is 8.32. The van der Waals surface area contributed by atoms with Crippen LogP contribution in [0.3, 0.4) is 0 Å². The second-order valence-corrected chi connectivity index (χ2v) is 6.64. The van der Waals surface area contributed by atoms with E-state index in [0.29, 0.717) is 12.8 Å². The van der Waals surface area contributed by atoms with Gasteiger partial charge >= 0.3 is 12.1 Å². The number of alkyl halides is 3. The van der Waals surface area contributed by atoms with Crippen molar-refractivity contribution in [3.8, 4) is 0 Å². The number of carbonyl (C=O) groups is 2. The number of benzene rings is 1. The fourth-order valence-electron chi connectivity index (χ4n) is 3.61. The molecule has 4 nitrogen and oxygen atoms in total. The normalized spacial score (nSPS) is 18.4. The van der Waals surface area contributed by atoms with Crippen LogP contribution in [-0.4, -0.2) is 29.2 Å². The maximum atomic E-state index is 12.9. The smallest absolute Gasteiger partial charge is 0.391 e. The van der Waals surface area contributed by atoms with Crippen LogP contribution in [0, 0.1) is 6.92 Å². The molecule has 2 N–H and O–H groups in total. The minimum absolute atomic E-state index is 0.502. The molecule has 1 amide bonds. The molecule has 1 fully saturated rings. The molecule has 1 unspecified atom stereocenters. The molecule has 138 valence electrons. The minimum Gasteiger partial charge on any atom is -0.480 e. The number of hydrogen-bond acceptors (Lipinski definition) is 2. The highest BCUT2D eigenvalue weighted by molar-refractivity contribution is 5.92. The summed E-state index contributed by atoms with van der Waals surface area (Å²) in [7, 11) is 0. The zero-order chi connectivity index (χ0) is 18.7. The van der Waals surface area contributed by atoms with Crippen LogP contribution in [0.2, 0.25) is 0 Å². The summed E-state index contributed by atoms with van der Waals surface area (Å²) in [6.07, 6.45) is -2.75. The highest BCUT2D eigenvalue weighted by Crippen LogP contribution is 2.41. The molecule has 7 heteroatoms. The Morgan fingerprint density at radius 3 is 2.32 bits per heavy atom. The van der Waals surface area contributed by atoms with Crippen LogP contribution in [0.1, 0.15) is 49.7 Å². The first-order valence-corrected chi connectivity index (χ1v) is 8.32. The van der Waals surface area contributed by atoms with E-state index in [0.717, 1.165) is 30.4 Å².